The lowest BCUT2D eigenvalue weighted by Gasteiger charge is -2.30. The molecule has 0 saturated heterocycles. The zero-order valence-corrected chi connectivity index (χ0v) is 17.0. The molecule has 1 aromatic carbocycles. The summed E-state index contributed by atoms with van der Waals surface area (Å²) in [5.74, 6) is 0.700. The number of aryl methyl sites for hydroxylation is 1. The average molecular weight is 388 g/mol. The van der Waals surface area contributed by atoms with Gasteiger partial charge < -0.3 is 9.88 Å². The second-order valence-corrected chi connectivity index (χ2v) is 9.78. The number of anilines is 1. The minimum absolute atomic E-state index is 0.324. The van der Waals surface area contributed by atoms with Gasteiger partial charge in [-0.25, -0.2) is 13.1 Å². The van der Waals surface area contributed by atoms with Crippen LogP contribution in [0.25, 0.3) is 0 Å². The summed E-state index contributed by atoms with van der Waals surface area (Å²) in [5, 5.41) is 0. The van der Waals surface area contributed by atoms with Crippen LogP contribution in [0.3, 0.4) is 0 Å². The van der Waals surface area contributed by atoms with Gasteiger partial charge >= 0.3 is 0 Å². The summed E-state index contributed by atoms with van der Waals surface area (Å²) >= 11 is 0. The second kappa shape index (κ2) is 7.32. The van der Waals surface area contributed by atoms with Gasteiger partial charge in [0.15, 0.2) is 0 Å². The number of H-pyrrole nitrogens is 1. The first-order chi connectivity index (χ1) is 13.0. The molecule has 1 saturated carbocycles. The van der Waals surface area contributed by atoms with Crippen LogP contribution >= 0.6 is 0 Å². The van der Waals surface area contributed by atoms with Crippen molar-refractivity contribution in [3.8, 4) is 0 Å². The fourth-order valence-electron chi connectivity index (χ4n) is 4.57. The molecule has 1 fully saturated rings. The van der Waals surface area contributed by atoms with Gasteiger partial charge in [0, 0.05) is 36.6 Å². The fraction of sp³-hybridized carbons (Fsp3) is 0.524. The van der Waals surface area contributed by atoms with E-state index in [0.717, 1.165) is 30.8 Å². The van der Waals surface area contributed by atoms with Crippen LogP contribution in [0.1, 0.15) is 60.5 Å². The molecule has 5 nitrogen and oxygen atoms in total. The minimum atomic E-state index is -3.40. The third kappa shape index (κ3) is 3.65. The van der Waals surface area contributed by atoms with Gasteiger partial charge in [-0.05, 0) is 68.1 Å². The number of sulfonamides is 1. The molecule has 146 valence electrons. The number of aromatic nitrogens is 1. The van der Waals surface area contributed by atoms with Gasteiger partial charge in [0.25, 0.3) is 0 Å². The SMILES string of the molecule is CNS(=O)(=O)c1ccc(N2CCc3[nH]c(C4CCCCC4)cc3C2)c(C)c1. The molecule has 0 bridgehead atoms. The van der Waals surface area contributed by atoms with Crippen LogP contribution in [-0.4, -0.2) is 27.0 Å². The van der Waals surface area contributed by atoms with Gasteiger partial charge in [-0.2, -0.15) is 0 Å². The lowest BCUT2D eigenvalue weighted by molar-refractivity contribution is 0.437. The average Bonchev–Trinajstić information content (AvgIpc) is 3.12. The molecule has 2 heterocycles. The van der Waals surface area contributed by atoms with E-state index in [1.165, 1.54) is 56.1 Å². The molecule has 4 rings (SSSR count). The number of hydrogen-bond acceptors (Lipinski definition) is 3. The Kier molecular flexibility index (Phi) is 5.03. The summed E-state index contributed by atoms with van der Waals surface area (Å²) in [6.45, 7) is 3.83. The number of fused-ring (bicyclic) bond motifs is 1. The van der Waals surface area contributed by atoms with E-state index in [1.807, 2.05) is 13.0 Å². The van der Waals surface area contributed by atoms with Gasteiger partial charge in [0.2, 0.25) is 10.0 Å². The van der Waals surface area contributed by atoms with Crippen molar-refractivity contribution in [3.63, 3.8) is 0 Å². The Morgan fingerprint density at radius 1 is 1.15 bits per heavy atom. The Hall–Kier alpha value is -1.79. The number of nitrogens with zero attached hydrogens (tertiary/aromatic N) is 1. The molecule has 0 amide bonds. The highest BCUT2D eigenvalue weighted by Gasteiger charge is 2.24. The first-order valence-electron chi connectivity index (χ1n) is 9.98. The maximum Gasteiger partial charge on any atom is 0.240 e. The van der Waals surface area contributed by atoms with Crippen LogP contribution in [0, 0.1) is 6.92 Å². The number of nitrogens with one attached hydrogen (secondary N) is 2. The van der Waals surface area contributed by atoms with Gasteiger partial charge in [0.1, 0.15) is 0 Å². The monoisotopic (exact) mass is 387 g/mol. The number of rotatable bonds is 4. The van der Waals surface area contributed by atoms with Crippen molar-refractivity contribution < 1.29 is 8.42 Å². The zero-order valence-electron chi connectivity index (χ0n) is 16.2. The third-order valence-corrected chi connectivity index (χ3v) is 7.55. The predicted octanol–water partition coefficient (Wildman–Crippen LogP) is 3.84. The molecule has 2 aliphatic rings. The van der Waals surface area contributed by atoms with Crippen LogP contribution < -0.4 is 9.62 Å². The van der Waals surface area contributed by atoms with Crippen molar-refractivity contribution >= 4 is 15.7 Å². The van der Waals surface area contributed by atoms with Crippen molar-refractivity contribution in [2.75, 3.05) is 18.5 Å². The lowest BCUT2D eigenvalue weighted by Crippen LogP contribution is -2.30. The van der Waals surface area contributed by atoms with Crippen molar-refractivity contribution in [1.29, 1.82) is 0 Å². The summed E-state index contributed by atoms with van der Waals surface area (Å²) in [5.41, 5.74) is 6.33. The van der Waals surface area contributed by atoms with Crippen LogP contribution in [0.15, 0.2) is 29.2 Å². The van der Waals surface area contributed by atoms with E-state index in [0.29, 0.717) is 10.8 Å². The Balaban J connectivity index is 1.55. The minimum Gasteiger partial charge on any atom is -0.367 e. The Morgan fingerprint density at radius 3 is 2.63 bits per heavy atom. The third-order valence-electron chi connectivity index (χ3n) is 6.14. The molecule has 2 N–H and O–H groups in total. The van der Waals surface area contributed by atoms with E-state index in [1.54, 1.807) is 12.1 Å². The second-order valence-electron chi connectivity index (χ2n) is 7.89. The molecule has 27 heavy (non-hydrogen) atoms. The van der Waals surface area contributed by atoms with Crippen molar-refractivity contribution in [2.45, 2.75) is 62.8 Å². The predicted molar refractivity (Wildman–Crippen MR) is 109 cm³/mol. The van der Waals surface area contributed by atoms with E-state index in [9.17, 15) is 8.42 Å². The molecule has 0 unspecified atom stereocenters. The molecule has 1 aromatic heterocycles. The molecular formula is C21H29N3O2S. The van der Waals surface area contributed by atoms with E-state index in [2.05, 4.69) is 20.7 Å². The molecule has 1 aliphatic carbocycles. The summed E-state index contributed by atoms with van der Waals surface area (Å²) in [4.78, 5) is 6.40. The molecule has 0 radical (unpaired) electrons. The first kappa shape index (κ1) is 18.6. The summed E-state index contributed by atoms with van der Waals surface area (Å²) in [6.07, 6.45) is 7.71. The molecular weight excluding hydrogens is 358 g/mol. The van der Waals surface area contributed by atoms with Gasteiger partial charge in [-0.15, -0.1) is 0 Å². The Bertz CT molecular complexity index is 927. The van der Waals surface area contributed by atoms with Gasteiger partial charge in [0.05, 0.1) is 4.90 Å². The molecule has 2 aromatic rings. The van der Waals surface area contributed by atoms with E-state index >= 15 is 0 Å². The Morgan fingerprint density at radius 2 is 1.93 bits per heavy atom. The number of aromatic amines is 1. The molecule has 0 spiro atoms. The highest BCUT2D eigenvalue weighted by Crippen LogP contribution is 2.35. The van der Waals surface area contributed by atoms with Crippen molar-refractivity contribution in [2.24, 2.45) is 0 Å². The lowest BCUT2D eigenvalue weighted by atomic mass is 9.87. The highest BCUT2D eigenvalue weighted by molar-refractivity contribution is 7.89. The largest absolute Gasteiger partial charge is 0.367 e. The van der Waals surface area contributed by atoms with Crippen molar-refractivity contribution in [3.05, 3.63) is 46.8 Å². The van der Waals surface area contributed by atoms with Crippen molar-refractivity contribution in [1.82, 2.24) is 9.71 Å². The normalized spacial score (nSPS) is 18.5. The topological polar surface area (TPSA) is 65.2 Å². The quantitative estimate of drug-likeness (QED) is 0.838. The van der Waals surface area contributed by atoms with Gasteiger partial charge in [-0.1, -0.05) is 19.3 Å². The van der Waals surface area contributed by atoms with Crippen LogP contribution in [-0.2, 0) is 23.0 Å². The van der Waals surface area contributed by atoms with Crippen LogP contribution in [0.5, 0.6) is 0 Å². The Labute approximate surface area is 162 Å². The summed E-state index contributed by atoms with van der Waals surface area (Å²) in [7, 11) is -1.95. The maximum absolute atomic E-state index is 12.0. The molecule has 1 aliphatic heterocycles. The zero-order chi connectivity index (χ0) is 19.0. The fourth-order valence-corrected chi connectivity index (χ4v) is 5.38. The standard InChI is InChI=1S/C21H29N3O2S/c1-15-12-18(27(25,26)22-2)8-9-21(15)24-11-10-19-17(14-24)13-20(23-19)16-6-4-3-5-7-16/h8-9,12-13,16,22-23H,3-7,10-11,14H2,1-2H3. The first-order valence-corrected chi connectivity index (χ1v) is 11.5. The molecule has 0 atom stereocenters. The smallest absolute Gasteiger partial charge is 0.240 e. The summed E-state index contributed by atoms with van der Waals surface area (Å²) in [6, 6.07) is 7.79. The van der Waals surface area contributed by atoms with Crippen LogP contribution in [0.2, 0.25) is 0 Å². The number of benzene rings is 1. The number of hydrogen-bond donors (Lipinski definition) is 2. The summed E-state index contributed by atoms with van der Waals surface area (Å²) < 4.78 is 26.4. The van der Waals surface area contributed by atoms with E-state index in [-0.39, 0.29) is 0 Å². The van der Waals surface area contributed by atoms with Crippen LogP contribution in [0.4, 0.5) is 5.69 Å². The van der Waals surface area contributed by atoms with E-state index < -0.39 is 10.0 Å². The van der Waals surface area contributed by atoms with E-state index in [4.69, 9.17) is 0 Å². The maximum atomic E-state index is 12.0. The molecule has 6 heteroatoms. The van der Waals surface area contributed by atoms with Gasteiger partial charge in [-0.3, -0.25) is 0 Å². The highest BCUT2D eigenvalue weighted by atomic mass is 32.2.